The van der Waals surface area contributed by atoms with Gasteiger partial charge in [-0.05, 0) is 20.0 Å². The zero-order valence-electron chi connectivity index (χ0n) is 7.08. The lowest BCUT2D eigenvalue weighted by Crippen LogP contribution is -2.26. The molecule has 0 spiro atoms. The molecule has 0 aromatic carbocycles. The molecule has 3 radical (unpaired) electrons. The molecule has 0 atom stereocenters. The average molecular weight is 159 g/mol. The summed E-state index contributed by atoms with van der Waals surface area (Å²) in [6.45, 7) is 3.12. The van der Waals surface area contributed by atoms with E-state index in [1.165, 1.54) is 0 Å². The maximum atomic E-state index is 10.1. The summed E-state index contributed by atoms with van der Waals surface area (Å²) < 4.78 is 0. The minimum absolute atomic E-state index is 0. The normalized spacial score (nSPS) is 9.36. The summed E-state index contributed by atoms with van der Waals surface area (Å²) in [5, 5.41) is 8.34. The Balaban J connectivity index is 0. The molecule has 0 aromatic heterocycles. The Morgan fingerprint density at radius 1 is 1.55 bits per heavy atom. The van der Waals surface area contributed by atoms with Crippen molar-refractivity contribution in [1.82, 2.24) is 11.1 Å². The monoisotopic (exact) mass is 159 g/mol. The van der Waals surface area contributed by atoms with Crippen molar-refractivity contribution >= 4 is 5.97 Å². The molecular formula is C7H15N2O2. The highest BCUT2D eigenvalue weighted by atomic mass is 16.4. The van der Waals surface area contributed by atoms with Crippen LogP contribution in [0.2, 0.25) is 0 Å². The first-order valence-electron chi connectivity index (χ1n) is 3.57. The van der Waals surface area contributed by atoms with E-state index in [1.54, 1.807) is 0 Å². The molecule has 0 saturated heterocycles. The van der Waals surface area contributed by atoms with Crippen LogP contribution in [-0.2, 0) is 4.79 Å². The van der Waals surface area contributed by atoms with Crippen molar-refractivity contribution in [3.8, 4) is 0 Å². The van der Waals surface area contributed by atoms with Gasteiger partial charge in [0.2, 0.25) is 0 Å². The molecule has 0 fully saturated rings. The number of nitrogens with zero attached hydrogens (tertiary/aromatic N) is 2. The van der Waals surface area contributed by atoms with E-state index in [2.05, 4.69) is 6.92 Å². The number of hydrogen-bond donors (Lipinski definition) is 1. The molecule has 65 valence electrons. The number of carboxylic acids is 1. The largest absolute Gasteiger partial charge is 0.480 e. The molecular weight excluding hydrogens is 144 g/mol. The topological polar surface area (TPSA) is 71.0 Å². The van der Waals surface area contributed by atoms with E-state index in [0.29, 0.717) is 0 Å². The molecule has 0 aromatic rings. The Labute approximate surface area is 67.8 Å². The quantitative estimate of drug-likeness (QED) is 0.628. The van der Waals surface area contributed by atoms with Crippen LogP contribution in [0.5, 0.6) is 0 Å². The zero-order valence-corrected chi connectivity index (χ0v) is 7.08. The Kier molecular flexibility index (Phi) is 8.87. The lowest BCUT2D eigenvalue weighted by atomic mass is 10.3. The number of hydrogen-bond acceptors (Lipinski definition) is 2. The predicted molar refractivity (Wildman–Crippen MR) is 42.2 cm³/mol. The van der Waals surface area contributed by atoms with E-state index < -0.39 is 5.97 Å². The molecule has 0 heterocycles. The van der Waals surface area contributed by atoms with E-state index in [-0.39, 0.29) is 12.7 Å². The third-order valence-corrected chi connectivity index (χ3v) is 1.30. The number of aliphatic carboxylic acids is 1. The molecule has 0 aliphatic carbocycles. The lowest BCUT2D eigenvalue weighted by Gasteiger charge is -2.11. The van der Waals surface area contributed by atoms with Gasteiger partial charge in [0.1, 0.15) is 0 Å². The molecule has 4 nitrogen and oxygen atoms in total. The van der Waals surface area contributed by atoms with Crippen molar-refractivity contribution in [2.75, 3.05) is 20.1 Å². The number of rotatable bonds is 5. The van der Waals surface area contributed by atoms with Crippen molar-refractivity contribution < 1.29 is 9.90 Å². The van der Waals surface area contributed by atoms with Crippen molar-refractivity contribution in [2.45, 2.75) is 19.8 Å². The number of carbonyl (C=O) groups is 1. The number of unbranched alkanes of at least 4 members (excludes halogenated alkanes) is 1. The SMILES string of the molecule is CCCCN(C)CC(=O)O.[N]. The smallest absolute Gasteiger partial charge is 0.317 e. The summed E-state index contributed by atoms with van der Waals surface area (Å²) in [6.07, 6.45) is 2.19. The third-order valence-electron chi connectivity index (χ3n) is 1.30. The van der Waals surface area contributed by atoms with Gasteiger partial charge in [0, 0.05) is 6.15 Å². The predicted octanol–water partition coefficient (Wildman–Crippen LogP) is 0.322. The Hall–Kier alpha value is -0.610. The third kappa shape index (κ3) is 9.39. The molecule has 0 unspecified atom stereocenters. The maximum Gasteiger partial charge on any atom is 0.317 e. The van der Waals surface area contributed by atoms with E-state index in [1.807, 2.05) is 11.9 Å². The van der Waals surface area contributed by atoms with Gasteiger partial charge in [-0.2, -0.15) is 0 Å². The van der Waals surface area contributed by atoms with E-state index >= 15 is 0 Å². The van der Waals surface area contributed by atoms with Gasteiger partial charge in [-0.25, -0.2) is 0 Å². The molecule has 4 heteroatoms. The van der Waals surface area contributed by atoms with Crippen LogP contribution in [0, 0.1) is 0 Å². The van der Waals surface area contributed by atoms with Crippen molar-refractivity contribution in [3.63, 3.8) is 0 Å². The van der Waals surface area contributed by atoms with Crippen molar-refractivity contribution in [2.24, 2.45) is 0 Å². The van der Waals surface area contributed by atoms with E-state index in [4.69, 9.17) is 5.11 Å². The zero-order chi connectivity index (χ0) is 7.98. The molecule has 0 aliphatic rings. The van der Waals surface area contributed by atoms with Crippen LogP contribution in [0.4, 0.5) is 0 Å². The standard InChI is InChI=1S/C7H15NO2.N/c1-3-4-5-8(2)6-7(9)10;/h3-6H2,1-2H3,(H,9,10);. The second-order valence-electron chi connectivity index (χ2n) is 2.49. The Morgan fingerprint density at radius 2 is 2.09 bits per heavy atom. The fraction of sp³-hybridized carbons (Fsp3) is 0.857. The minimum Gasteiger partial charge on any atom is -0.480 e. The summed E-state index contributed by atoms with van der Waals surface area (Å²) in [5.74, 6) is -0.751. The van der Waals surface area contributed by atoms with Gasteiger partial charge in [0.15, 0.2) is 0 Å². The van der Waals surface area contributed by atoms with Crippen LogP contribution in [0.15, 0.2) is 0 Å². The summed E-state index contributed by atoms with van der Waals surface area (Å²) in [7, 11) is 1.82. The Bertz CT molecular complexity index is 107. The average Bonchev–Trinajstić information content (AvgIpc) is 1.82. The highest BCUT2D eigenvalue weighted by Gasteiger charge is 2.01. The van der Waals surface area contributed by atoms with Gasteiger partial charge in [-0.15, -0.1) is 0 Å². The minimum atomic E-state index is -0.751. The van der Waals surface area contributed by atoms with Crippen LogP contribution in [0.25, 0.3) is 0 Å². The summed E-state index contributed by atoms with van der Waals surface area (Å²) in [6, 6.07) is 0. The summed E-state index contributed by atoms with van der Waals surface area (Å²) >= 11 is 0. The second-order valence-corrected chi connectivity index (χ2v) is 2.49. The highest BCUT2D eigenvalue weighted by Crippen LogP contribution is 1.90. The highest BCUT2D eigenvalue weighted by molar-refractivity contribution is 5.68. The molecule has 0 aliphatic heterocycles. The van der Waals surface area contributed by atoms with Gasteiger partial charge >= 0.3 is 5.97 Å². The molecule has 0 rings (SSSR count). The second kappa shape index (κ2) is 7.50. The molecule has 0 bridgehead atoms. The fourth-order valence-electron chi connectivity index (χ4n) is 0.738. The summed E-state index contributed by atoms with van der Waals surface area (Å²) in [4.78, 5) is 11.9. The maximum absolute atomic E-state index is 10.1. The van der Waals surface area contributed by atoms with E-state index in [9.17, 15) is 4.79 Å². The van der Waals surface area contributed by atoms with Crippen LogP contribution >= 0.6 is 0 Å². The lowest BCUT2D eigenvalue weighted by molar-refractivity contribution is -0.137. The first-order valence-corrected chi connectivity index (χ1v) is 3.57. The molecule has 0 saturated carbocycles. The van der Waals surface area contributed by atoms with Gasteiger partial charge < -0.3 is 5.11 Å². The molecule has 1 N–H and O–H groups in total. The first-order chi connectivity index (χ1) is 4.66. The van der Waals surface area contributed by atoms with Gasteiger partial charge in [0.05, 0.1) is 6.54 Å². The Morgan fingerprint density at radius 3 is 2.45 bits per heavy atom. The van der Waals surface area contributed by atoms with Crippen LogP contribution in [0.1, 0.15) is 19.8 Å². The van der Waals surface area contributed by atoms with Crippen molar-refractivity contribution in [1.29, 1.82) is 0 Å². The van der Waals surface area contributed by atoms with Crippen molar-refractivity contribution in [3.05, 3.63) is 0 Å². The van der Waals surface area contributed by atoms with Gasteiger partial charge in [-0.3, -0.25) is 9.69 Å². The molecule has 0 amide bonds. The first kappa shape index (κ1) is 13.0. The van der Waals surface area contributed by atoms with Crippen LogP contribution < -0.4 is 6.15 Å². The van der Waals surface area contributed by atoms with Gasteiger partial charge in [-0.1, -0.05) is 13.3 Å². The van der Waals surface area contributed by atoms with Crippen LogP contribution in [-0.4, -0.2) is 36.1 Å². The van der Waals surface area contributed by atoms with Crippen LogP contribution in [0.3, 0.4) is 0 Å². The number of likely N-dealkylation sites (N-methyl/N-ethyl adjacent to an activating group) is 1. The summed E-state index contributed by atoms with van der Waals surface area (Å²) in [5.41, 5.74) is 0. The molecule has 11 heavy (non-hydrogen) atoms. The number of carboxylic acid groups (broad SMARTS) is 1. The fourth-order valence-corrected chi connectivity index (χ4v) is 0.738. The van der Waals surface area contributed by atoms with Gasteiger partial charge in [0.25, 0.3) is 0 Å². The van der Waals surface area contributed by atoms with E-state index in [0.717, 1.165) is 19.4 Å².